The third kappa shape index (κ3) is 3.24. The number of benzene rings is 1. The minimum atomic E-state index is -3.75. The average molecular weight is 387 g/mol. The molecule has 0 amide bonds. The van der Waals surface area contributed by atoms with Gasteiger partial charge in [-0.1, -0.05) is 0 Å². The molecule has 1 aromatic carbocycles. The van der Waals surface area contributed by atoms with Crippen molar-refractivity contribution in [3.63, 3.8) is 0 Å². The second-order valence-electron chi connectivity index (χ2n) is 6.37. The van der Waals surface area contributed by atoms with Crippen LogP contribution in [0.25, 0.3) is 5.82 Å². The fraction of sp³-hybridized carbons (Fsp3) is 0.278. The van der Waals surface area contributed by atoms with E-state index in [9.17, 15) is 12.8 Å². The van der Waals surface area contributed by atoms with Crippen molar-refractivity contribution in [1.82, 2.24) is 23.8 Å². The molecule has 0 bridgehead atoms. The normalized spacial score (nSPS) is 18.1. The van der Waals surface area contributed by atoms with E-state index < -0.39 is 21.9 Å². The maximum atomic E-state index is 13.2. The number of imidazole rings is 1. The lowest BCUT2D eigenvalue weighted by atomic mass is 10.2. The molecule has 0 aliphatic carbocycles. The summed E-state index contributed by atoms with van der Waals surface area (Å²) in [5.74, 6) is 0.887. The van der Waals surface area contributed by atoms with Gasteiger partial charge in [0.2, 0.25) is 10.0 Å². The predicted octanol–water partition coefficient (Wildman–Crippen LogP) is 2.64. The van der Waals surface area contributed by atoms with Crippen molar-refractivity contribution in [2.75, 3.05) is 6.54 Å². The molecule has 0 N–H and O–H groups in total. The Morgan fingerprint density at radius 1 is 1.19 bits per heavy atom. The average Bonchev–Trinajstić information content (AvgIpc) is 3.31. The molecule has 9 heteroatoms. The molecule has 1 atom stereocenters. The molecule has 1 saturated heterocycles. The van der Waals surface area contributed by atoms with Crippen molar-refractivity contribution in [3.8, 4) is 5.82 Å². The van der Waals surface area contributed by atoms with Gasteiger partial charge in [-0.05, 0) is 44.0 Å². The Labute approximate surface area is 156 Å². The summed E-state index contributed by atoms with van der Waals surface area (Å²) in [6, 6.07) is 4.48. The van der Waals surface area contributed by atoms with Crippen LogP contribution in [0.3, 0.4) is 0 Å². The van der Waals surface area contributed by atoms with Crippen LogP contribution in [0.15, 0.2) is 53.9 Å². The standard InChI is InChI=1S/C18H18FN5O2S/c1-13-21-8-10-23(13)18-12-20-11-16(22-18)17-3-2-9-24(17)27(25,26)15-6-4-14(19)5-7-15/h4-8,10-12,17H,2-3,9H2,1H3/t17-/m0/s1. The zero-order valence-electron chi connectivity index (χ0n) is 14.7. The van der Waals surface area contributed by atoms with E-state index in [2.05, 4.69) is 15.0 Å². The lowest BCUT2D eigenvalue weighted by Crippen LogP contribution is -2.31. The molecule has 1 fully saturated rings. The molecule has 1 aliphatic rings. The van der Waals surface area contributed by atoms with E-state index >= 15 is 0 Å². The fourth-order valence-electron chi connectivity index (χ4n) is 3.33. The van der Waals surface area contributed by atoms with Crippen LogP contribution in [0.4, 0.5) is 4.39 Å². The maximum Gasteiger partial charge on any atom is 0.243 e. The maximum absolute atomic E-state index is 13.2. The van der Waals surface area contributed by atoms with Crippen molar-refractivity contribution in [3.05, 3.63) is 66.4 Å². The summed E-state index contributed by atoms with van der Waals surface area (Å²) in [6.45, 7) is 2.25. The third-order valence-corrected chi connectivity index (χ3v) is 6.60. The minimum absolute atomic E-state index is 0.0744. The number of hydrogen-bond donors (Lipinski definition) is 0. The highest BCUT2D eigenvalue weighted by atomic mass is 32.2. The Kier molecular flexibility index (Phi) is 4.48. The van der Waals surface area contributed by atoms with Gasteiger partial charge in [0.1, 0.15) is 11.6 Å². The first-order valence-electron chi connectivity index (χ1n) is 8.56. The van der Waals surface area contributed by atoms with Gasteiger partial charge in [0.05, 0.1) is 29.0 Å². The molecule has 27 heavy (non-hydrogen) atoms. The Morgan fingerprint density at radius 2 is 1.96 bits per heavy atom. The molecule has 140 valence electrons. The topological polar surface area (TPSA) is 81.0 Å². The summed E-state index contributed by atoms with van der Waals surface area (Å²) in [5, 5.41) is 0. The Morgan fingerprint density at radius 3 is 2.67 bits per heavy atom. The molecule has 7 nitrogen and oxygen atoms in total. The smallest absolute Gasteiger partial charge is 0.243 e. The van der Waals surface area contributed by atoms with E-state index in [1.165, 1.54) is 16.4 Å². The summed E-state index contributed by atoms with van der Waals surface area (Å²) in [5.41, 5.74) is 0.587. The summed E-state index contributed by atoms with van der Waals surface area (Å²) in [7, 11) is -3.75. The summed E-state index contributed by atoms with van der Waals surface area (Å²) in [4.78, 5) is 13.1. The molecule has 0 unspecified atom stereocenters. The zero-order valence-corrected chi connectivity index (χ0v) is 15.5. The van der Waals surface area contributed by atoms with Crippen molar-refractivity contribution >= 4 is 10.0 Å². The fourth-order valence-corrected chi connectivity index (χ4v) is 5.00. The van der Waals surface area contributed by atoms with Crippen molar-refractivity contribution < 1.29 is 12.8 Å². The monoisotopic (exact) mass is 387 g/mol. The van der Waals surface area contributed by atoms with Gasteiger partial charge in [-0.15, -0.1) is 0 Å². The van der Waals surface area contributed by atoms with Crippen molar-refractivity contribution in [2.45, 2.75) is 30.7 Å². The number of hydrogen-bond acceptors (Lipinski definition) is 5. The third-order valence-electron chi connectivity index (χ3n) is 4.68. The molecular weight excluding hydrogens is 369 g/mol. The number of nitrogens with zero attached hydrogens (tertiary/aromatic N) is 5. The Balaban J connectivity index is 1.70. The summed E-state index contributed by atoms with van der Waals surface area (Å²) < 4.78 is 42.5. The van der Waals surface area contributed by atoms with Gasteiger partial charge in [0.15, 0.2) is 5.82 Å². The van der Waals surface area contributed by atoms with Crippen LogP contribution < -0.4 is 0 Å². The summed E-state index contributed by atoms with van der Waals surface area (Å²) >= 11 is 0. The van der Waals surface area contributed by atoms with Gasteiger partial charge in [-0.2, -0.15) is 4.31 Å². The molecule has 3 heterocycles. The molecule has 2 aromatic heterocycles. The molecular formula is C18H18FN5O2S. The van der Waals surface area contributed by atoms with Crippen molar-refractivity contribution in [1.29, 1.82) is 0 Å². The highest BCUT2D eigenvalue weighted by molar-refractivity contribution is 7.89. The largest absolute Gasteiger partial charge is 0.287 e. The van der Waals surface area contributed by atoms with E-state index in [0.29, 0.717) is 24.5 Å². The molecule has 0 spiro atoms. The second-order valence-corrected chi connectivity index (χ2v) is 8.26. The first-order chi connectivity index (χ1) is 13.0. The molecule has 3 aromatic rings. The van der Waals surface area contributed by atoms with Gasteiger partial charge in [0, 0.05) is 18.9 Å². The highest BCUT2D eigenvalue weighted by Crippen LogP contribution is 2.35. The zero-order chi connectivity index (χ0) is 19.0. The lowest BCUT2D eigenvalue weighted by molar-refractivity contribution is 0.389. The summed E-state index contributed by atoms with van der Waals surface area (Å²) in [6.07, 6.45) is 8.04. The molecule has 0 saturated carbocycles. The van der Waals surface area contributed by atoms with E-state index in [1.54, 1.807) is 29.4 Å². The number of sulfonamides is 1. The minimum Gasteiger partial charge on any atom is -0.287 e. The van der Waals surface area contributed by atoms with Gasteiger partial charge >= 0.3 is 0 Å². The van der Waals surface area contributed by atoms with E-state index in [1.807, 2.05) is 6.92 Å². The van der Waals surface area contributed by atoms with Gasteiger partial charge in [-0.25, -0.2) is 22.8 Å². The van der Waals surface area contributed by atoms with Gasteiger partial charge in [0.25, 0.3) is 0 Å². The van der Waals surface area contributed by atoms with Gasteiger partial charge in [-0.3, -0.25) is 9.55 Å². The quantitative estimate of drug-likeness (QED) is 0.687. The number of aromatic nitrogens is 4. The molecule has 0 radical (unpaired) electrons. The van der Waals surface area contributed by atoms with Crippen LogP contribution in [0.2, 0.25) is 0 Å². The number of halogens is 1. The molecule has 1 aliphatic heterocycles. The van der Waals surface area contributed by atoms with Gasteiger partial charge < -0.3 is 0 Å². The Hall–Kier alpha value is -2.65. The number of rotatable bonds is 4. The first kappa shape index (κ1) is 17.7. The van der Waals surface area contributed by atoms with E-state index in [4.69, 9.17) is 0 Å². The Bertz CT molecular complexity index is 1070. The van der Waals surface area contributed by atoms with Crippen LogP contribution in [0.5, 0.6) is 0 Å². The molecule has 4 rings (SSSR count). The van der Waals surface area contributed by atoms with Crippen LogP contribution in [0, 0.1) is 12.7 Å². The number of aryl methyl sites for hydroxylation is 1. The van der Waals surface area contributed by atoms with E-state index in [0.717, 1.165) is 24.4 Å². The SMILES string of the molecule is Cc1nccn1-c1cncc([C@@H]2CCCN2S(=O)(=O)c2ccc(F)cc2)n1. The second kappa shape index (κ2) is 6.82. The van der Waals surface area contributed by atoms with Crippen LogP contribution in [0.1, 0.15) is 30.4 Å². The predicted molar refractivity (Wildman–Crippen MR) is 96.2 cm³/mol. The lowest BCUT2D eigenvalue weighted by Gasteiger charge is -2.24. The first-order valence-corrected chi connectivity index (χ1v) is 10.0. The highest BCUT2D eigenvalue weighted by Gasteiger charge is 2.37. The van der Waals surface area contributed by atoms with Crippen LogP contribution in [-0.2, 0) is 10.0 Å². The van der Waals surface area contributed by atoms with Crippen LogP contribution in [-0.4, -0.2) is 38.8 Å². The van der Waals surface area contributed by atoms with Crippen LogP contribution >= 0.6 is 0 Å². The van der Waals surface area contributed by atoms with E-state index in [-0.39, 0.29) is 4.90 Å². The van der Waals surface area contributed by atoms with Crippen molar-refractivity contribution in [2.24, 2.45) is 0 Å².